The number of hydrogen-bond donors (Lipinski definition) is 0. The molecule has 0 aliphatic carbocycles. The number of ether oxygens (including phenoxy) is 3. The molecule has 0 spiro atoms. The van der Waals surface area contributed by atoms with Gasteiger partial charge >= 0.3 is 5.97 Å². The summed E-state index contributed by atoms with van der Waals surface area (Å²) in [6.45, 7) is 12.7. The van der Waals surface area contributed by atoms with Crippen LogP contribution < -0.4 is 9.47 Å². The van der Waals surface area contributed by atoms with E-state index in [1.54, 1.807) is 20.1 Å². The van der Waals surface area contributed by atoms with E-state index in [-0.39, 0.29) is 17.5 Å². The molecule has 1 heterocycles. The smallest absolute Gasteiger partial charge is 0.330 e. The van der Waals surface area contributed by atoms with Crippen LogP contribution in [0.25, 0.3) is 6.08 Å². The Morgan fingerprint density at radius 1 is 1.10 bits per heavy atom. The molecule has 0 N–H and O–H groups in total. The molecule has 1 atom stereocenters. The van der Waals surface area contributed by atoms with Crippen LogP contribution >= 0.6 is 0 Å². The molecular formula is C25H30O4. The summed E-state index contributed by atoms with van der Waals surface area (Å²) in [5, 5.41) is 0. The van der Waals surface area contributed by atoms with Crippen molar-refractivity contribution in [1.82, 2.24) is 0 Å². The van der Waals surface area contributed by atoms with Crippen molar-refractivity contribution in [2.75, 3.05) is 13.7 Å². The largest absolute Gasteiger partial charge is 0.496 e. The van der Waals surface area contributed by atoms with E-state index in [2.05, 4.69) is 46.8 Å². The van der Waals surface area contributed by atoms with Gasteiger partial charge in [-0.25, -0.2) is 4.79 Å². The first-order valence-electron chi connectivity index (χ1n) is 10.0. The van der Waals surface area contributed by atoms with Crippen molar-refractivity contribution in [2.24, 2.45) is 0 Å². The molecule has 154 valence electrons. The SMILES string of the molecule is CCOC(=O)C=Cc1ccc(C2c3c(C)c(OC)c(C)c(C)c3OC2(C)C)cc1. The second-order valence-electron chi connectivity index (χ2n) is 8.04. The lowest BCUT2D eigenvalue weighted by Gasteiger charge is -2.27. The molecule has 4 nitrogen and oxygen atoms in total. The average Bonchev–Trinajstić information content (AvgIpc) is 2.97. The highest BCUT2D eigenvalue weighted by Crippen LogP contribution is 2.53. The van der Waals surface area contributed by atoms with E-state index >= 15 is 0 Å². The first-order valence-corrected chi connectivity index (χ1v) is 10.0. The van der Waals surface area contributed by atoms with Crippen LogP contribution in [0.2, 0.25) is 0 Å². The summed E-state index contributed by atoms with van der Waals surface area (Å²) < 4.78 is 17.1. The normalized spacial score (nSPS) is 17.1. The molecule has 1 unspecified atom stereocenters. The Morgan fingerprint density at radius 2 is 1.76 bits per heavy atom. The Morgan fingerprint density at radius 3 is 2.34 bits per heavy atom. The molecule has 1 aliphatic heterocycles. The van der Waals surface area contributed by atoms with E-state index in [1.807, 2.05) is 12.1 Å². The second kappa shape index (κ2) is 7.94. The summed E-state index contributed by atoms with van der Waals surface area (Å²) in [7, 11) is 1.72. The Hall–Kier alpha value is -2.75. The van der Waals surface area contributed by atoms with Crippen LogP contribution in [0.5, 0.6) is 11.5 Å². The number of hydrogen-bond acceptors (Lipinski definition) is 4. The van der Waals surface area contributed by atoms with Crippen LogP contribution in [0.3, 0.4) is 0 Å². The zero-order valence-corrected chi connectivity index (χ0v) is 18.4. The summed E-state index contributed by atoms with van der Waals surface area (Å²) in [6.07, 6.45) is 3.23. The fourth-order valence-electron chi connectivity index (χ4n) is 4.29. The van der Waals surface area contributed by atoms with Crippen LogP contribution in [0.4, 0.5) is 0 Å². The van der Waals surface area contributed by atoms with Gasteiger partial charge in [0, 0.05) is 11.6 Å². The molecule has 2 aromatic carbocycles. The predicted molar refractivity (Wildman–Crippen MR) is 116 cm³/mol. The highest BCUT2D eigenvalue weighted by atomic mass is 16.5. The molecule has 29 heavy (non-hydrogen) atoms. The van der Waals surface area contributed by atoms with Gasteiger partial charge in [-0.1, -0.05) is 24.3 Å². The Bertz CT molecular complexity index is 952. The van der Waals surface area contributed by atoms with E-state index in [0.29, 0.717) is 6.61 Å². The van der Waals surface area contributed by atoms with Gasteiger partial charge < -0.3 is 14.2 Å². The van der Waals surface area contributed by atoms with E-state index in [9.17, 15) is 4.79 Å². The minimum atomic E-state index is -0.376. The molecule has 3 rings (SSSR count). The first kappa shape index (κ1) is 21.0. The van der Waals surface area contributed by atoms with Crippen molar-refractivity contribution in [3.63, 3.8) is 0 Å². The third-order valence-electron chi connectivity index (χ3n) is 5.75. The summed E-state index contributed by atoms with van der Waals surface area (Å²) in [6, 6.07) is 8.26. The van der Waals surface area contributed by atoms with Crippen molar-refractivity contribution in [3.8, 4) is 11.5 Å². The van der Waals surface area contributed by atoms with Crippen LogP contribution in [-0.2, 0) is 9.53 Å². The number of esters is 1. The predicted octanol–water partition coefficient (Wildman–Crippen LogP) is 5.50. The van der Waals surface area contributed by atoms with Gasteiger partial charge in [0.2, 0.25) is 0 Å². The van der Waals surface area contributed by atoms with Gasteiger partial charge in [-0.05, 0) is 75.4 Å². The van der Waals surface area contributed by atoms with Gasteiger partial charge in [0.15, 0.2) is 0 Å². The topological polar surface area (TPSA) is 44.8 Å². The highest BCUT2D eigenvalue weighted by molar-refractivity contribution is 5.87. The van der Waals surface area contributed by atoms with Crippen molar-refractivity contribution < 1.29 is 19.0 Å². The fourth-order valence-corrected chi connectivity index (χ4v) is 4.29. The van der Waals surface area contributed by atoms with E-state index < -0.39 is 0 Å². The number of rotatable bonds is 5. The standard InChI is InChI=1S/C25H30O4/c1-8-28-20(26)14-11-18-9-12-19(13-10-18)22-21-17(4)23(27-7)15(2)16(3)24(21)29-25(22,5)6/h9-14,22H,8H2,1-7H3. The lowest BCUT2D eigenvalue weighted by molar-refractivity contribution is -0.137. The second-order valence-corrected chi connectivity index (χ2v) is 8.04. The summed E-state index contributed by atoms with van der Waals surface area (Å²) in [5.41, 5.74) is 6.34. The van der Waals surface area contributed by atoms with Crippen molar-refractivity contribution >= 4 is 12.0 Å². The molecular weight excluding hydrogens is 364 g/mol. The minimum absolute atomic E-state index is 0.0915. The maximum Gasteiger partial charge on any atom is 0.330 e. The van der Waals surface area contributed by atoms with Crippen molar-refractivity contribution in [2.45, 2.75) is 53.1 Å². The molecule has 0 saturated heterocycles. The number of fused-ring (bicyclic) bond motifs is 1. The molecule has 0 radical (unpaired) electrons. The third kappa shape index (κ3) is 3.76. The van der Waals surface area contributed by atoms with Gasteiger partial charge in [-0.2, -0.15) is 0 Å². The van der Waals surface area contributed by atoms with Crippen LogP contribution in [0, 0.1) is 20.8 Å². The van der Waals surface area contributed by atoms with Gasteiger partial charge in [0.25, 0.3) is 0 Å². The third-order valence-corrected chi connectivity index (χ3v) is 5.75. The average molecular weight is 395 g/mol. The quantitative estimate of drug-likeness (QED) is 0.496. The van der Waals surface area contributed by atoms with Gasteiger partial charge in [0.05, 0.1) is 19.6 Å². The maximum atomic E-state index is 11.5. The van der Waals surface area contributed by atoms with E-state index in [1.165, 1.54) is 17.2 Å². The Kier molecular flexibility index (Phi) is 5.74. The number of benzene rings is 2. The number of methoxy groups -OCH3 is 1. The molecule has 1 aliphatic rings. The van der Waals surface area contributed by atoms with E-state index in [4.69, 9.17) is 14.2 Å². The molecule has 4 heteroatoms. The monoisotopic (exact) mass is 394 g/mol. The molecule has 0 aromatic heterocycles. The molecule has 0 bridgehead atoms. The number of carbonyl (C=O) groups is 1. The van der Waals surface area contributed by atoms with Crippen LogP contribution in [0.1, 0.15) is 60.1 Å². The van der Waals surface area contributed by atoms with Crippen molar-refractivity contribution in [3.05, 3.63) is 63.7 Å². The molecule has 0 amide bonds. The van der Waals surface area contributed by atoms with Gasteiger partial charge in [0.1, 0.15) is 17.1 Å². The molecule has 0 fully saturated rings. The number of carbonyl (C=O) groups excluding carboxylic acids is 1. The van der Waals surface area contributed by atoms with Crippen molar-refractivity contribution in [1.29, 1.82) is 0 Å². The van der Waals surface area contributed by atoms with E-state index in [0.717, 1.165) is 33.8 Å². The van der Waals surface area contributed by atoms with Crippen LogP contribution in [-0.4, -0.2) is 25.3 Å². The lowest BCUT2D eigenvalue weighted by atomic mass is 9.78. The zero-order valence-electron chi connectivity index (χ0n) is 18.4. The molecule has 0 saturated carbocycles. The summed E-state index contributed by atoms with van der Waals surface area (Å²) in [5.74, 6) is 1.67. The van der Waals surface area contributed by atoms with Gasteiger partial charge in [-0.3, -0.25) is 0 Å². The minimum Gasteiger partial charge on any atom is -0.496 e. The summed E-state index contributed by atoms with van der Waals surface area (Å²) >= 11 is 0. The highest BCUT2D eigenvalue weighted by Gasteiger charge is 2.45. The fraction of sp³-hybridized carbons (Fsp3) is 0.400. The Labute approximate surface area is 173 Å². The van der Waals surface area contributed by atoms with Gasteiger partial charge in [-0.15, -0.1) is 0 Å². The Balaban J connectivity index is 2.02. The summed E-state index contributed by atoms with van der Waals surface area (Å²) in [4.78, 5) is 11.5. The maximum absolute atomic E-state index is 11.5. The first-order chi connectivity index (χ1) is 13.7. The molecule has 2 aromatic rings. The van der Waals surface area contributed by atoms with Crippen LogP contribution in [0.15, 0.2) is 30.3 Å². The lowest BCUT2D eigenvalue weighted by Crippen LogP contribution is -2.31. The zero-order chi connectivity index (χ0) is 21.3.